The van der Waals surface area contributed by atoms with Crippen LogP contribution in [-0.2, 0) is 0 Å². The Balaban J connectivity index is 2.16. The van der Waals surface area contributed by atoms with Crippen LogP contribution < -0.4 is 5.32 Å². The van der Waals surface area contributed by atoms with Gasteiger partial charge in [0.2, 0.25) is 5.76 Å². The molecule has 5 nitrogen and oxygen atoms in total. The van der Waals surface area contributed by atoms with Crippen molar-refractivity contribution in [3.63, 3.8) is 0 Å². The number of furan rings is 1. The number of aromatic carboxylic acids is 1. The molecule has 1 heterocycles. The van der Waals surface area contributed by atoms with Crippen molar-refractivity contribution >= 4 is 11.7 Å². The number of carbonyl (C=O) groups is 1. The first-order valence-corrected chi connectivity index (χ1v) is 5.80. The molecule has 2 rings (SSSR count). The lowest BCUT2D eigenvalue weighted by Gasteiger charge is -2.13. The number of halogens is 1. The van der Waals surface area contributed by atoms with E-state index < -0.39 is 17.8 Å². The maximum atomic E-state index is 13.7. The molecule has 1 aromatic carbocycles. The predicted molar refractivity (Wildman–Crippen MR) is 68.8 cm³/mol. The molecule has 0 aliphatic rings. The molecule has 102 valence electrons. The summed E-state index contributed by atoms with van der Waals surface area (Å²) in [6.45, 7) is 1.71. The van der Waals surface area contributed by atoms with Gasteiger partial charge in [0.1, 0.15) is 11.6 Å². The zero-order chi connectivity index (χ0) is 14.7. The van der Waals surface area contributed by atoms with Gasteiger partial charge in [-0.15, -0.1) is 0 Å². The van der Waals surface area contributed by atoms with Crippen LogP contribution in [0.1, 0.15) is 34.8 Å². The summed E-state index contributed by atoms with van der Waals surface area (Å²) in [5.41, 5.74) is 0.441. The summed E-state index contributed by atoms with van der Waals surface area (Å²) in [5.74, 6) is -1.51. The molecule has 6 heteroatoms. The highest BCUT2D eigenvalue weighted by Gasteiger charge is 2.15. The molecule has 0 saturated carbocycles. The summed E-state index contributed by atoms with van der Waals surface area (Å²) in [5, 5.41) is 20.3. The molecular weight excluding hydrogens is 263 g/mol. The minimum atomic E-state index is -1.16. The van der Waals surface area contributed by atoms with Crippen molar-refractivity contribution in [1.29, 1.82) is 5.26 Å². The molecule has 0 fully saturated rings. The smallest absolute Gasteiger partial charge is 0.371 e. The van der Waals surface area contributed by atoms with E-state index in [1.54, 1.807) is 6.92 Å². The molecule has 0 radical (unpaired) electrons. The number of hydrogen-bond acceptors (Lipinski definition) is 4. The minimum absolute atomic E-state index is 0.172. The van der Waals surface area contributed by atoms with Gasteiger partial charge in [-0.05, 0) is 37.3 Å². The van der Waals surface area contributed by atoms with Crippen LogP contribution in [0.25, 0.3) is 0 Å². The fourth-order valence-corrected chi connectivity index (χ4v) is 1.71. The van der Waals surface area contributed by atoms with Crippen molar-refractivity contribution in [2.75, 3.05) is 5.32 Å². The van der Waals surface area contributed by atoms with Gasteiger partial charge in [0, 0.05) is 0 Å². The van der Waals surface area contributed by atoms with Crippen LogP contribution in [0.2, 0.25) is 0 Å². The lowest BCUT2D eigenvalue weighted by molar-refractivity contribution is 0.0660. The molecule has 0 aliphatic heterocycles. The lowest BCUT2D eigenvalue weighted by Crippen LogP contribution is -2.07. The van der Waals surface area contributed by atoms with Gasteiger partial charge in [0.25, 0.3) is 0 Å². The van der Waals surface area contributed by atoms with Crippen molar-refractivity contribution in [3.05, 3.63) is 53.2 Å². The van der Waals surface area contributed by atoms with E-state index in [4.69, 9.17) is 14.8 Å². The van der Waals surface area contributed by atoms with Crippen LogP contribution in [0.15, 0.2) is 34.7 Å². The first kappa shape index (κ1) is 13.6. The average Bonchev–Trinajstić information content (AvgIpc) is 2.91. The summed E-state index contributed by atoms with van der Waals surface area (Å²) >= 11 is 0. The van der Waals surface area contributed by atoms with Gasteiger partial charge in [0.05, 0.1) is 23.4 Å². The Bertz CT molecular complexity index is 688. The molecule has 0 aliphatic carbocycles. The summed E-state index contributed by atoms with van der Waals surface area (Å²) in [7, 11) is 0. The fourth-order valence-electron chi connectivity index (χ4n) is 1.71. The Kier molecular flexibility index (Phi) is 3.71. The summed E-state index contributed by atoms with van der Waals surface area (Å²) in [6.07, 6.45) is 0. The van der Waals surface area contributed by atoms with Crippen LogP contribution in [0, 0.1) is 17.1 Å². The highest BCUT2D eigenvalue weighted by Crippen LogP contribution is 2.23. The van der Waals surface area contributed by atoms with Crippen molar-refractivity contribution in [1.82, 2.24) is 0 Å². The Morgan fingerprint density at radius 2 is 2.20 bits per heavy atom. The fraction of sp³-hybridized carbons (Fsp3) is 0.143. The van der Waals surface area contributed by atoms with Crippen molar-refractivity contribution < 1.29 is 18.7 Å². The van der Waals surface area contributed by atoms with E-state index in [0.29, 0.717) is 5.76 Å². The Morgan fingerprint density at radius 3 is 2.75 bits per heavy atom. The predicted octanol–water partition coefficient (Wildman–Crippen LogP) is 3.16. The number of carboxylic acids is 1. The SMILES string of the molecule is CC(Nc1ccc(C#N)cc1F)c1ccc(C(=O)O)o1. The van der Waals surface area contributed by atoms with Crippen molar-refractivity contribution in [2.24, 2.45) is 0 Å². The maximum absolute atomic E-state index is 13.7. The Hall–Kier alpha value is -2.81. The molecule has 0 spiro atoms. The van der Waals surface area contributed by atoms with Gasteiger partial charge in [-0.3, -0.25) is 0 Å². The molecule has 1 unspecified atom stereocenters. The zero-order valence-electron chi connectivity index (χ0n) is 10.6. The quantitative estimate of drug-likeness (QED) is 0.894. The van der Waals surface area contributed by atoms with Crippen LogP contribution in [0.4, 0.5) is 10.1 Å². The normalized spacial score (nSPS) is 11.7. The largest absolute Gasteiger partial charge is 0.475 e. The molecule has 0 saturated heterocycles. The van der Waals surface area contributed by atoms with E-state index in [1.165, 1.54) is 24.3 Å². The number of anilines is 1. The molecule has 2 aromatic rings. The minimum Gasteiger partial charge on any atom is -0.475 e. The lowest BCUT2D eigenvalue weighted by atomic mass is 10.2. The number of hydrogen-bond donors (Lipinski definition) is 2. The first-order chi connectivity index (χ1) is 9.51. The van der Waals surface area contributed by atoms with E-state index >= 15 is 0 Å². The van der Waals surface area contributed by atoms with Gasteiger partial charge in [-0.25, -0.2) is 9.18 Å². The second-order valence-electron chi connectivity index (χ2n) is 4.18. The Morgan fingerprint density at radius 1 is 1.45 bits per heavy atom. The third-order valence-electron chi connectivity index (χ3n) is 2.73. The summed E-state index contributed by atoms with van der Waals surface area (Å²) in [6, 6.07) is 8.35. The second-order valence-corrected chi connectivity index (χ2v) is 4.18. The molecule has 0 bridgehead atoms. The van der Waals surface area contributed by atoms with Gasteiger partial charge in [0.15, 0.2) is 0 Å². The van der Waals surface area contributed by atoms with E-state index in [-0.39, 0.29) is 17.0 Å². The molecule has 20 heavy (non-hydrogen) atoms. The number of nitrogens with zero attached hydrogens (tertiary/aromatic N) is 1. The van der Waals surface area contributed by atoms with Crippen LogP contribution in [-0.4, -0.2) is 11.1 Å². The topological polar surface area (TPSA) is 86.3 Å². The zero-order valence-corrected chi connectivity index (χ0v) is 10.6. The van der Waals surface area contributed by atoms with E-state index in [1.807, 2.05) is 6.07 Å². The van der Waals surface area contributed by atoms with E-state index in [0.717, 1.165) is 6.07 Å². The third kappa shape index (κ3) is 2.78. The number of carboxylic acid groups (broad SMARTS) is 1. The van der Waals surface area contributed by atoms with Gasteiger partial charge in [-0.2, -0.15) is 5.26 Å². The van der Waals surface area contributed by atoms with E-state index in [9.17, 15) is 9.18 Å². The number of rotatable bonds is 4. The van der Waals surface area contributed by atoms with Crippen LogP contribution in [0.5, 0.6) is 0 Å². The number of benzene rings is 1. The number of nitriles is 1. The van der Waals surface area contributed by atoms with Crippen LogP contribution in [0.3, 0.4) is 0 Å². The maximum Gasteiger partial charge on any atom is 0.371 e. The van der Waals surface area contributed by atoms with Crippen molar-refractivity contribution in [2.45, 2.75) is 13.0 Å². The average molecular weight is 274 g/mol. The molecule has 1 atom stereocenters. The van der Waals surface area contributed by atoms with Gasteiger partial charge < -0.3 is 14.8 Å². The number of nitrogens with one attached hydrogen (secondary N) is 1. The summed E-state index contributed by atoms with van der Waals surface area (Å²) < 4.78 is 18.8. The molecule has 2 N–H and O–H groups in total. The highest BCUT2D eigenvalue weighted by molar-refractivity contribution is 5.84. The highest BCUT2D eigenvalue weighted by atomic mass is 19.1. The van der Waals surface area contributed by atoms with Gasteiger partial charge in [-0.1, -0.05) is 0 Å². The van der Waals surface area contributed by atoms with Gasteiger partial charge >= 0.3 is 5.97 Å². The second kappa shape index (κ2) is 5.45. The molecule has 1 aromatic heterocycles. The third-order valence-corrected chi connectivity index (χ3v) is 2.73. The molecular formula is C14H11FN2O3. The first-order valence-electron chi connectivity index (χ1n) is 5.80. The monoisotopic (exact) mass is 274 g/mol. The Labute approximate surface area is 114 Å². The van der Waals surface area contributed by atoms with Crippen LogP contribution >= 0.6 is 0 Å². The summed E-state index contributed by atoms with van der Waals surface area (Å²) in [4.78, 5) is 10.7. The standard InChI is InChI=1S/C14H11FN2O3/c1-8(12-4-5-13(20-12)14(18)19)17-11-3-2-9(7-16)6-10(11)15/h2-6,8,17H,1H3,(H,18,19). The molecule has 0 amide bonds. The van der Waals surface area contributed by atoms with Crippen molar-refractivity contribution in [3.8, 4) is 6.07 Å². The van der Waals surface area contributed by atoms with E-state index in [2.05, 4.69) is 5.32 Å².